The fourth-order valence-electron chi connectivity index (χ4n) is 1.78. The summed E-state index contributed by atoms with van der Waals surface area (Å²) in [5.74, 6) is -1.72. The SMILES string of the molecule is CCc1ccc(S(=O)(=O)CC(C)CO)cc1C(=O)O. The van der Waals surface area contributed by atoms with E-state index in [2.05, 4.69) is 0 Å². The van der Waals surface area contributed by atoms with Gasteiger partial charge in [-0.15, -0.1) is 0 Å². The van der Waals surface area contributed by atoms with Crippen molar-refractivity contribution in [3.05, 3.63) is 29.3 Å². The monoisotopic (exact) mass is 286 g/mol. The zero-order valence-corrected chi connectivity index (χ0v) is 11.8. The number of aromatic carboxylic acids is 1. The molecule has 0 radical (unpaired) electrons. The molecule has 19 heavy (non-hydrogen) atoms. The molecule has 0 amide bonds. The third-order valence-corrected chi connectivity index (χ3v) is 4.85. The van der Waals surface area contributed by atoms with Crippen LogP contribution in [0.2, 0.25) is 0 Å². The van der Waals surface area contributed by atoms with Crippen molar-refractivity contribution in [3.8, 4) is 0 Å². The van der Waals surface area contributed by atoms with Crippen molar-refractivity contribution in [1.82, 2.24) is 0 Å². The standard InChI is InChI=1S/C13H18O5S/c1-3-10-4-5-11(6-12(10)13(15)16)19(17,18)8-9(2)7-14/h4-6,9,14H,3,7-8H2,1-2H3,(H,15,16). The van der Waals surface area contributed by atoms with Crippen LogP contribution in [-0.4, -0.2) is 37.0 Å². The molecular weight excluding hydrogens is 268 g/mol. The van der Waals surface area contributed by atoms with E-state index in [1.807, 2.05) is 6.92 Å². The Balaban J connectivity index is 3.22. The number of aryl methyl sites for hydroxylation is 1. The van der Waals surface area contributed by atoms with Gasteiger partial charge in [-0.1, -0.05) is 19.9 Å². The molecule has 0 bridgehead atoms. The second-order valence-electron chi connectivity index (χ2n) is 4.55. The number of hydrogen-bond donors (Lipinski definition) is 2. The summed E-state index contributed by atoms with van der Waals surface area (Å²) in [6.45, 7) is 3.21. The van der Waals surface area contributed by atoms with Gasteiger partial charge in [0.05, 0.1) is 16.2 Å². The molecule has 0 aliphatic carbocycles. The summed E-state index contributed by atoms with van der Waals surface area (Å²) < 4.78 is 24.1. The number of carboxylic acid groups (broad SMARTS) is 1. The van der Waals surface area contributed by atoms with Gasteiger partial charge in [-0.3, -0.25) is 0 Å². The first-order chi connectivity index (χ1) is 8.81. The average Bonchev–Trinajstić information content (AvgIpc) is 2.37. The summed E-state index contributed by atoms with van der Waals surface area (Å²) in [4.78, 5) is 11.1. The van der Waals surface area contributed by atoms with Crippen molar-refractivity contribution < 1.29 is 23.4 Å². The lowest BCUT2D eigenvalue weighted by molar-refractivity contribution is 0.0695. The van der Waals surface area contributed by atoms with Crippen LogP contribution in [0.25, 0.3) is 0 Å². The molecule has 1 rings (SSSR count). The molecule has 1 unspecified atom stereocenters. The molecule has 0 saturated carbocycles. The van der Waals surface area contributed by atoms with Gasteiger partial charge in [-0.05, 0) is 30.0 Å². The van der Waals surface area contributed by atoms with Crippen LogP contribution in [0.4, 0.5) is 0 Å². The second kappa shape index (κ2) is 6.16. The third-order valence-electron chi connectivity index (χ3n) is 2.87. The highest BCUT2D eigenvalue weighted by molar-refractivity contribution is 7.91. The zero-order valence-electron chi connectivity index (χ0n) is 11.0. The molecule has 1 atom stereocenters. The van der Waals surface area contributed by atoms with E-state index in [1.165, 1.54) is 18.2 Å². The molecule has 0 spiro atoms. The lowest BCUT2D eigenvalue weighted by atomic mass is 10.1. The van der Waals surface area contributed by atoms with E-state index >= 15 is 0 Å². The summed E-state index contributed by atoms with van der Waals surface area (Å²) in [5, 5.41) is 18.0. The highest BCUT2D eigenvalue weighted by Gasteiger charge is 2.20. The predicted octanol–water partition coefficient (Wildman–Crippen LogP) is 1.35. The molecule has 0 aliphatic rings. The molecule has 0 fully saturated rings. The highest BCUT2D eigenvalue weighted by Crippen LogP contribution is 2.19. The summed E-state index contributed by atoms with van der Waals surface area (Å²) >= 11 is 0. The van der Waals surface area contributed by atoms with Gasteiger partial charge >= 0.3 is 5.97 Å². The van der Waals surface area contributed by atoms with Crippen LogP contribution >= 0.6 is 0 Å². The first-order valence-electron chi connectivity index (χ1n) is 6.01. The molecule has 0 aromatic heterocycles. The first-order valence-corrected chi connectivity index (χ1v) is 7.66. The minimum atomic E-state index is -3.58. The van der Waals surface area contributed by atoms with Gasteiger partial charge in [-0.25, -0.2) is 13.2 Å². The number of carbonyl (C=O) groups is 1. The number of rotatable bonds is 6. The van der Waals surface area contributed by atoms with Crippen molar-refractivity contribution in [1.29, 1.82) is 0 Å². The van der Waals surface area contributed by atoms with Crippen LogP contribution in [0.15, 0.2) is 23.1 Å². The van der Waals surface area contributed by atoms with Crippen molar-refractivity contribution in [3.63, 3.8) is 0 Å². The van der Waals surface area contributed by atoms with E-state index in [1.54, 1.807) is 6.92 Å². The van der Waals surface area contributed by atoms with Crippen LogP contribution in [0.1, 0.15) is 29.8 Å². The summed E-state index contributed by atoms with van der Waals surface area (Å²) in [6, 6.07) is 4.14. The van der Waals surface area contributed by atoms with Gasteiger partial charge in [-0.2, -0.15) is 0 Å². The van der Waals surface area contributed by atoms with Gasteiger partial charge in [0.25, 0.3) is 0 Å². The Morgan fingerprint density at radius 2 is 2.00 bits per heavy atom. The van der Waals surface area contributed by atoms with Crippen LogP contribution in [0, 0.1) is 5.92 Å². The summed E-state index contributed by atoms with van der Waals surface area (Å²) in [5.41, 5.74) is 0.613. The van der Waals surface area contributed by atoms with Crippen molar-refractivity contribution in [2.24, 2.45) is 5.92 Å². The average molecular weight is 286 g/mol. The molecule has 1 aromatic rings. The van der Waals surface area contributed by atoms with Crippen molar-refractivity contribution >= 4 is 15.8 Å². The van der Waals surface area contributed by atoms with Crippen LogP contribution in [0.3, 0.4) is 0 Å². The molecule has 1 aromatic carbocycles. The summed E-state index contributed by atoms with van der Waals surface area (Å²) in [6.07, 6.45) is 0.523. The van der Waals surface area contributed by atoms with E-state index in [-0.39, 0.29) is 28.7 Å². The maximum absolute atomic E-state index is 12.1. The number of aliphatic hydroxyl groups excluding tert-OH is 1. The largest absolute Gasteiger partial charge is 0.478 e. The van der Waals surface area contributed by atoms with Crippen molar-refractivity contribution in [2.75, 3.05) is 12.4 Å². The fraction of sp³-hybridized carbons (Fsp3) is 0.462. The van der Waals surface area contributed by atoms with E-state index in [4.69, 9.17) is 10.2 Å². The lowest BCUT2D eigenvalue weighted by Crippen LogP contribution is -2.17. The molecule has 6 heteroatoms. The first kappa shape index (κ1) is 15.7. The number of sulfone groups is 1. The Kier molecular flexibility index (Phi) is 5.08. The van der Waals surface area contributed by atoms with E-state index < -0.39 is 15.8 Å². The zero-order chi connectivity index (χ0) is 14.6. The van der Waals surface area contributed by atoms with Gasteiger partial charge in [0.15, 0.2) is 9.84 Å². The van der Waals surface area contributed by atoms with Gasteiger partial charge in [0.1, 0.15) is 0 Å². The molecular formula is C13H18O5S. The minimum absolute atomic E-state index is 0.0117. The quantitative estimate of drug-likeness (QED) is 0.823. The topological polar surface area (TPSA) is 91.7 Å². The molecule has 106 valence electrons. The Labute approximate surface area is 112 Å². The Morgan fingerprint density at radius 1 is 1.37 bits per heavy atom. The maximum Gasteiger partial charge on any atom is 0.336 e. The van der Waals surface area contributed by atoms with Crippen LogP contribution < -0.4 is 0 Å². The normalized spacial score (nSPS) is 13.2. The van der Waals surface area contributed by atoms with Crippen LogP contribution in [0.5, 0.6) is 0 Å². The van der Waals surface area contributed by atoms with Gasteiger partial charge in [0.2, 0.25) is 0 Å². The lowest BCUT2D eigenvalue weighted by Gasteiger charge is -2.11. The minimum Gasteiger partial charge on any atom is -0.478 e. The van der Waals surface area contributed by atoms with Crippen molar-refractivity contribution in [2.45, 2.75) is 25.2 Å². The number of aliphatic hydroxyl groups is 1. The Bertz CT molecular complexity index is 562. The molecule has 0 aliphatic heterocycles. The van der Waals surface area contributed by atoms with E-state index in [0.29, 0.717) is 12.0 Å². The van der Waals surface area contributed by atoms with Gasteiger partial charge in [0, 0.05) is 6.61 Å². The van der Waals surface area contributed by atoms with E-state index in [0.717, 1.165) is 0 Å². The smallest absolute Gasteiger partial charge is 0.336 e. The number of benzene rings is 1. The second-order valence-corrected chi connectivity index (χ2v) is 6.58. The van der Waals surface area contributed by atoms with E-state index in [9.17, 15) is 13.2 Å². The Morgan fingerprint density at radius 3 is 2.47 bits per heavy atom. The Hall–Kier alpha value is -1.40. The predicted molar refractivity (Wildman–Crippen MR) is 71.1 cm³/mol. The highest BCUT2D eigenvalue weighted by atomic mass is 32.2. The summed E-state index contributed by atoms with van der Waals surface area (Å²) in [7, 11) is -3.58. The molecule has 0 heterocycles. The molecule has 2 N–H and O–H groups in total. The molecule has 0 saturated heterocycles. The van der Waals surface area contributed by atoms with Crippen LogP contribution in [-0.2, 0) is 16.3 Å². The number of hydrogen-bond acceptors (Lipinski definition) is 4. The maximum atomic E-state index is 12.1. The molecule has 5 nitrogen and oxygen atoms in total. The fourth-order valence-corrected chi connectivity index (χ4v) is 3.40. The third kappa shape index (κ3) is 3.78. The number of carboxylic acids is 1. The van der Waals surface area contributed by atoms with Gasteiger partial charge < -0.3 is 10.2 Å².